The molecule has 2 aromatic carbocycles. The molecule has 0 amide bonds. The molecule has 0 aromatic heterocycles. The summed E-state index contributed by atoms with van der Waals surface area (Å²) in [6.45, 7) is 0.855. The third-order valence-corrected chi connectivity index (χ3v) is 4.29. The van der Waals surface area contributed by atoms with Crippen LogP contribution >= 0.6 is 23.2 Å². The van der Waals surface area contributed by atoms with Gasteiger partial charge < -0.3 is 0 Å². The van der Waals surface area contributed by atoms with Crippen LogP contribution in [0.25, 0.3) is 0 Å². The maximum absolute atomic E-state index is 10.8. The second-order valence-electron chi connectivity index (χ2n) is 4.78. The average Bonchev–Trinajstić information content (AvgIpc) is 2.56. The van der Waals surface area contributed by atoms with Crippen LogP contribution < -0.4 is 0 Å². The van der Waals surface area contributed by atoms with Crippen LogP contribution in [-0.4, -0.2) is 22.3 Å². The molecule has 3 nitrogen and oxygen atoms in total. The molecule has 2 atom stereocenters. The van der Waals surface area contributed by atoms with Crippen molar-refractivity contribution in [2.75, 3.05) is 13.1 Å². The second-order valence-corrected chi connectivity index (χ2v) is 6.15. The summed E-state index contributed by atoms with van der Waals surface area (Å²) < 4.78 is 14.7. The molecular weight excluding hydrogens is 339 g/mol. The van der Waals surface area contributed by atoms with E-state index >= 15 is 0 Å². The Labute approximate surface area is 144 Å². The number of hydrogen-bond acceptors (Lipinski definition) is 2. The summed E-state index contributed by atoms with van der Waals surface area (Å²) >= 11 is 13.0. The van der Waals surface area contributed by atoms with Crippen LogP contribution in [0.5, 0.6) is 0 Å². The maximum Gasteiger partial charge on any atom is 0.217 e. The monoisotopic (exact) mass is 354 g/mol. The van der Waals surface area contributed by atoms with E-state index in [0.717, 1.165) is 11.1 Å². The Kier molecular flexibility index (Phi) is 7.06. The Balaban J connectivity index is 2.02. The summed E-state index contributed by atoms with van der Waals surface area (Å²) in [7, 11) is 0. The molecule has 0 spiro atoms. The lowest BCUT2D eigenvalue weighted by molar-refractivity contribution is 0.293. The third-order valence-electron chi connectivity index (χ3n) is 3.21. The molecule has 0 bridgehead atoms. The van der Waals surface area contributed by atoms with Crippen molar-refractivity contribution in [1.82, 2.24) is 5.01 Å². The smallest absolute Gasteiger partial charge is 0.190 e. The Morgan fingerprint density at radius 2 is 1.27 bits per heavy atom. The van der Waals surface area contributed by atoms with Gasteiger partial charge in [-0.3, -0.25) is 0 Å². The average molecular weight is 355 g/mol. The minimum atomic E-state index is -0.253. The summed E-state index contributed by atoms with van der Waals surface area (Å²) in [5, 5.41) is 1.13. The van der Waals surface area contributed by atoms with Gasteiger partial charge in [-0.2, -0.15) is 9.22 Å². The van der Waals surface area contributed by atoms with Crippen LogP contribution in [0, 0.1) is 0 Å². The van der Waals surface area contributed by atoms with Gasteiger partial charge in [0.1, 0.15) is 0 Å². The van der Waals surface area contributed by atoms with E-state index in [1.165, 1.54) is 0 Å². The largest absolute Gasteiger partial charge is 0.217 e. The summed E-state index contributed by atoms with van der Waals surface area (Å²) in [4.78, 5) is 0. The predicted molar refractivity (Wildman–Crippen MR) is 92.2 cm³/mol. The molecule has 2 rings (SSSR count). The first-order valence-corrected chi connectivity index (χ1v) is 8.40. The van der Waals surface area contributed by atoms with Crippen LogP contribution in [-0.2, 0) is 11.5 Å². The van der Waals surface area contributed by atoms with Crippen LogP contribution in [0.4, 0.5) is 0 Å². The molecule has 0 aliphatic heterocycles. The van der Waals surface area contributed by atoms with Crippen LogP contribution in [0.1, 0.15) is 21.9 Å². The topological polar surface area (TPSA) is 32.7 Å². The number of nitrogens with zero attached hydrogens (tertiary/aromatic N) is 2. The van der Waals surface area contributed by atoms with E-state index in [-0.39, 0.29) is 22.2 Å². The van der Waals surface area contributed by atoms with Crippen molar-refractivity contribution < 1.29 is 4.21 Å². The summed E-state index contributed by atoms with van der Waals surface area (Å²) in [5.41, 5.74) is 1.98. The van der Waals surface area contributed by atoms with Gasteiger partial charge in [-0.15, -0.1) is 27.7 Å². The molecule has 0 saturated heterocycles. The van der Waals surface area contributed by atoms with Gasteiger partial charge in [-0.25, -0.2) is 0 Å². The van der Waals surface area contributed by atoms with Gasteiger partial charge in [0.05, 0.1) is 10.8 Å². The van der Waals surface area contributed by atoms with Crippen LogP contribution in [0.15, 0.2) is 65.1 Å². The van der Waals surface area contributed by atoms with Crippen LogP contribution in [0.2, 0.25) is 0 Å². The number of halogens is 2. The lowest BCUT2D eigenvalue weighted by Crippen LogP contribution is -2.25. The minimum Gasteiger partial charge on any atom is -0.190 e. The zero-order valence-corrected chi connectivity index (χ0v) is 14.1. The van der Waals surface area contributed by atoms with Gasteiger partial charge in [0.25, 0.3) is 0 Å². The standard InChI is InChI=1S/C16H16Cl2N2OS/c17-15(13-7-3-1-4-8-13)11-20(19-22-21)12-16(18)14-9-5-2-6-10-14/h1-10,15-16H,11-12H2. The quantitative estimate of drug-likeness (QED) is 0.539. The maximum atomic E-state index is 10.8. The van der Waals surface area contributed by atoms with Crippen molar-refractivity contribution in [2.24, 2.45) is 4.47 Å². The molecule has 0 aliphatic carbocycles. The van der Waals surface area contributed by atoms with Crippen LogP contribution in [0.3, 0.4) is 0 Å². The molecule has 2 aromatic rings. The molecular formula is C16H16Cl2N2OS. The molecule has 2 unspecified atom stereocenters. The highest BCUT2D eigenvalue weighted by Crippen LogP contribution is 2.25. The van der Waals surface area contributed by atoms with Crippen molar-refractivity contribution in [1.29, 1.82) is 0 Å². The van der Waals surface area contributed by atoms with Crippen molar-refractivity contribution in [2.45, 2.75) is 10.8 Å². The van der Waals surface area contributed by atoms with E-state index < -0.39 is 0 Å². The molecule has 116 valence electrons. The van der Waals surface area contributed by atoms with E-state index in [0.29, 0.717) is 13.1 Å². The highest BCUT2D eigenvalue weighted by Gasteiger charge is 2.18. The summed E-state index contributed by atoms with van der Waals surface area (Å²) in [5.74, 6) is 0. The molecule has 0 fully saturated rings. The molecule has 0 saturated carbocycles. The fraction of sp³-hybridized carbons (Fsp3) is 0.250. The number of rotatable bonds is 7. The Morgan fingerprint density at radius 3 is 1.64 bits per heavy atom. The third kappa shape index (κ3) is 5.21. The number of benzene rings is 2. The van der Waals surface area contributed by atoms with Gasteiger partial charge >= 0.3 is 0 Å². The van der Waals surface area contributed by atoms with Crippen molar-refractivity contribution in [3.8, 4) is 0 Å². The zero-order valence-electron chi connectivity index (χ0n) is 11.8. The molecule has 22 heavy (non-hydrogen) atoms. The van der Waals surface area contributed by atoms with Crippen molar-refractivity contribution >= 4 is 34.7 Å². The molecule has 0 radical (unpaired) electrons. The molecule has 0 N–H and O–H groups in total. The minimum absolute atomic E-state index is 0.168. The molecule has 0 heterocycles. The fourth-order valence-corrected chi connectivity index (χ4v) is 2.93. The Hall–Kier alpha value is -1.20. The number of hydrogen-bond donors (Lipinski definition) is 0. The lowest BCUT2D eigenvalue weighted by Gasteiger charge is -2.21. The molecule has 6 heteroatoms. The van der Waals surface area contributed by atoms with Gasteiger partial charge in [0, 0.05) is 13.1 Å². The first-order valence-electron chi connectivity index (χ1n) is 6.83. The Morgan fingerprint density at radius 1 is 0.864 bits per heavy atom. The van der Waals surface area contributed by atoms with E-state index in [4.69, 9.17) is 23.2 Å². The van der Waals surface area contributed by atoms with E-state index in [2.05, 4.69) is 4.47 Å². The van der Waals surface area contributed by atoms with Crippen molar-refractivity contribution in [3.63, 3.8) is 0 Å². The first-order chi connectivity index (χ1) is 10.7. The normalized spacial score (nSPS) is 13.6. The summed E-state index contributed by atoms with van der Waals surface area (Å²) in [6.07, 6.45) is 0. The fourth-order valence-electron chi connectivity index (χ4n) is 2.09. The Bertz CT molecular complexity index is 573. The summed E-state index contributed by atoms with van der Waals surface area (Å²) in [6, 6.07) is 19.4. The van der Waals surface area contributed by atoms with Gasteiger partial charge in [0.2, 0.25) is 11.5 Å². The van der Waals surface area contributed by atoms with Gasteiger partial charge in [-0.1, -0.05) is 60.7 Å². The van der Waals surface area contributed by atoms with Crippen molar-refractivity contribution in [3.05, 3.63) is 71.8 Å². The van der Waals surface area contributed by atoms with Gasteiger partial charge in [-0.05, 0) is 11.1 Å². The second kappa shape index (κ2) is 9.06. The predicted octanol–water partition coefficient (Wildman–Crippen LogP) is 4.56. The van der Waals surface area contributed by atoms with E-state index in [9.17, 15) is 4.21 Å². The zero-order chi connectivity index (χ0) is 15.8. The lowest BCUT2D eigenvalue weighted by atomic mass is 10.1. The highest BCUT2D eigenvalue weighted by atomic mass is 35.5. The van der Waals surface area contributed by atoms with Gasteiger partial charge in [0.15, 0.2) is 0 Å². The first kappa shape index (κ1) is 17.2. The van der Waals surface area contributed by atoms with E-state index in [1.54, 1.807) is 5.01 Å². The SMILES string of the molecule is O=S=NN(CC(Cl)c1ccccc1)CC(Cl)c1ccccc1. The van der Waals surface area contributed by atoms with E-state index in [1.807, 2.05) is 60.7 Å². The molecule has 0 aliphatic rings. The highest BCUT2D eigenvalue weighted by molar-refractivity contribution is 7.54. The number of alkyl halides is 2.